The Balaban J connectivity index is 1.91. The Morgan fingerprint density at radius 1 is 1.14 bits per heavy atom. The Kier molecular flexibility index (Phi) is 3.65. The third-order valence-corrected chi connectivity index (χ3v) is 3.94. The van der Waals surface area contributed by atoms with Crippen molar-refractivity contribution in [2.45, 2.75) is 26.7 Å². The van der Waals surface area contributed by atoms with Gasteiger partial charge in [0.2, 0.25) is 0 Å². The van der Waals surface area contributed by atoms with Crippen molar-refractivity contribution >= 4 is 5.97 Å². The van der Waals surface area contributed by atoms with Crippen molar-refractivity contribution in [3.8, 4) is 11.5 Å². The molecule has 0 aromatic heterocycles. The Bertz CT molecular complexity index is 689. The van der Waals surface area contributed by atoms with Crippen LogP contribution in [0.1, 0.15) is 33.5 Å². The maximum absolute atomic E-state index is 12.5. The van der Waals surface area contributed by atoms with Crippen LogP contribution in [-0.2, 0) is 6.42 Å². The molecule has 0 N–H and O–H groups in total. The number of rotatable bonds is 2. The second kappa shape index (κ2) is 5.60. The lowest BCUT2D eigenvalue weighted by atomic mass is 10.00. The first kappa shape index (κ1) is 13.7. The molecular weight excluding hydrogens is 264 g/mol. The van der Waals surface area contributed by atoms with Gasteiger partial charge in [0.25, 0.3) is 0 Å². The van der Waals surface area contributed by atoms with Crippen molar-refractivity contribution in [3.63, 3.8) is 0 Å². The molecule has 2 aromatic rings. The summed E-state index contributed by atoms with van der Waals surface area (Å²) in [7, 11) is 0. The number of hydrogen-bond acceptors (Lipinski definition) is 3. The van der Waals surface area contributed by atoms with E-state index in [2.05, 4.69) is 0 Å². The van der Waals surface area contributed by atoms with Gasteiger partial charge in [-0.15, -0.1) is 0 Å². The molecule has 1 aliphatic heterocycles. The molecule has 0 unspecified atom stereocenters. The van der Waals surface area contributed by atoms with Gasteiger partial charge in [0.05, 0.1) is 12.2 Å². The maximum atomic E-state index is 12.5. The molecule has 21 heavy (non-hydrogen) atoms. The molecule has 0 saturated heterocycles. The minimum atomic E-state index is -0.314. The van der Waals surface area contributed by atoms with Crippen molar-refractivity contribution in [3.05, 3.63) is 58.7 Å². The first-order valence-corrected chi connectivity index (χ1v) is 7.20. The average molecular weight is 282 g/mol. The van der Waals surface area contributed by atoms with E-state index in [-0.39, 0.29) is 5.97 Å². The van der Waals surface area contributed by atoms with Gasteiger partial charge in [0.1, 0.15) is 11.5 Å². The Labute approximate surface area is 124 Å². The number of carbonyl (C=O) groups excluding carboxylic acids is 1. The summed E-state index contributed by atoms with van der Waals surface area (Å²) in [5.74, 6) is 1.11. The summed E-state index contributed by atoms with van der Waals surface area (Å²) in [6.45, 7) is 4.68. The van der Waals surface area contributed by atoms with Gasteiger partial charge in [0.15, 0.2) is 0 Å². The zero-order chi connectivity index (χ0) is 14.8. The molecule has 1 heterocycles. The number of carbonyl (C=O) groups is 1. The summed E-state index contributed by atoms with van der Waals surface area (Å²) in [6.07, 6.45) is 1.79. The Morgan fingerprint density at radius 2 is 1.95 bits per heavy atom. The molecule has 0 bridgehead atoms. The van der Waals surface area contributed by atoms with Crippen molar-refractivity contribution in [1.82, 2.24) is 0 Å². The second-order valence-corrected chi connectivity index (χ2v) is 5.32. The lowest BCUT2D eigenvalue weighted by Gasteiger charge is -2.19. The van der Waals surface area contributed by atoms with E-state index in [0.717, 1.165) is 35.3 Å². The number of aryl methyl sites for hydroxylation is 1. The van der Waals surface area contributed by atoms with Gasteiger partial charge in [0, 0.05) is 5.56 Å². The molecule has 0 aliphatic carbocycles. The normalized spacial score (nSPS) is 13.2. The van der Waals surface area contributed by atoms with E-state index in [1.807, 2.05) is 44.2 Å². The van der Waals surface area contributed by atoms with Crippen LogP contribution in [0.25, 0.3) is 0 Å². The van der Waals surface area contributed by atoms with Crippen LogP contribution in [0.4, 0.5) is 0 Å². The Morgan fingerprint density at radius 3 is 2.81 bits per heavy atom. The first-order valence-electron chi connectivity index (χ1n) is 7.20. The van der Waals surface area contributed by atoms with Crippen LogP contribution in [0.5, 0.6) is 11.5 Å². The minimum Gasteiger partial charge on any atom is -0.493 e. The van der Waals surface area contributed by atoms with E-state index < -0.39 is 0 Å². The summed E-state index contributed by atoms with van der Waals surface area (Å²) >= 11 is 0. The topological polar surface area (TPSA) is 35.5 Å². The van der Waals surface area contributed by atoms with Crippen LogP contribution in [-0.4, -0.2) is 12.6 Å². The van der Waals surface area contributed by atoms with Crippen LogP contribution < -0.4 is 9.47 Å². The molecule has 0 fully saturated rings. The smallest absolute Gasteiger partial charge is 0.343 e. The minimum absolute atomic E-state index is 0.314. The number of esters is 1. The predicted octanol–water partition coefficient (Wildman–Crippen LogP) is 3.85. The third-order valence-electron chi connectivity index (χ3n) is 3.94. The summed E-state index contributed by atoms with van der Waals surface area (Å²) in [5.41, 5.74) is 3.66. The van der Waals surface area contributed by atoms with Gasteiger partial charge in [-0.3, -0.25) is 0 Å². The number of fused-ring (bicyclic) bond motifs is 1. The largest absolute Gasteiger partial charge is 0.493 e. The van der Waals surface area contributed by atoms with Gasteiger partial charge in [-0.1, -0.05) is 18.2 Å². The maximum Gasteiger partial charge on any atom is 0.343 e. The molecule has 0 radical (unpaired) electrons. The summed E-state index contributed by atoms with van der Waals surface area (Å²) in [6, 6.07) is 11.3. The van der Waals surface area contributed by atoms with Crippen molar-refractivity contribution < 1.29 is 14.3 Å². The fraction of sp³-hybridized carbons (Fsp3) is 0.278. The molecule has 3 nitrogen and oxygen atoms in total. The monoisotopic (exact) mass is 282 g/mol. The van der Waals surface area contributed by atoms with E-state index in [9.17, 15) is 4.79 Å². The van der Waals surface area contributed by atoms with E-state index in [1.54, 1.807) is 6.07 Å². The van der Waals surface area contributed by atoms with Gasteiger partial charge >= 0.3 is 5.97 Å². The van der Waals surface area contributed by atoms with Crippen molar-refractivity contribution in [2.75, 3.05) is 6.61 Å². The number of hydrogen-bond donors (Lipinski definition) is 0. The predicted molar refractivity (Wildman–Crippen MR) is 81.1 cm³/mol. The molecule has 3 rings (SSSR count). The molecule has 108 valence electrons. The lowest BCUT2D eigenvalue weighted by molar-refractivity contribution is 0.0731. The highest BCUT2D eigenvalue weighted by atomic mass is 16.5. The highest BCUT2D eigenvalue weighted by molar-refractivity contribution is 5.93. The summed E-state index contributed by atoms with van der Waals surface area (Å²) in [4.78, 5) is 12.5. The van der Waals surface area contributed by atoms with Crippen LogP contribution in [0.3, 0.4) is 0 Å². The highest BCUT2D eigenvalue weighted by Gasteiger charge is 2.20. The zero-order valence-electron chi connectivity index (χ0n) is 12.3. The van der Waals surface area contributed by atoms with Gasteiger partial charge < -0.3 is 9.47 Å². The van der Waals surface area contributed by atoms with E-state index in [1.165, 1.54) is 0 Å². The fourth-order valence-electron chi connectivity index (χ4n) is 2.57. The van der Waals surface area contributed by atoms with Gasteiger partial charge in [-0.05, 0) is 56.0 Å². The third kappa shape index (κ3) is 2.64. The average Bonchev–Trinajstić information content (AvgIpc) is 2.51. The zero-order valence-corrected chi connectivity index (χ0v) is 12.3. The molecule has 0 atom stereocenters. The molecule has 1 aliphatic rings. The first-order chi connectivity index (χ1) is 10.2. The molecule has 0 spiro atoms. The van der Waals surface area contributed by atoms with E-state index in [0.29, 0.717) is 17.9 Å². The van der Waals surface area contributed by atoms with Gasteiger partial charge in [-0.25, -0.2) is 4.79 Å². The molecular formula is C18H18O3. The fourth-order valence-corrected chi connectivity index (χ4v) is 2.57. The molecule has 0 saturated carbocycles. The number of ether oxygens (including phenoxy) is 2. The van der Waals surface area contributed by atoms with Crippen molar-refractivity contribution in [1.29, 1.82) is 0 Å². The standard InChI is InChI=1S/C18H18O3/c1-12-6-3-9-16(13(12)2)21-18(19)15-7-4-10-17-14(15)8-5-11-20-17/h3-4,6-7,9-10H,5,8,11H2,1-2H3. The lowest BCUT2D eigenvalue weighted by Crippen LogP contribution is -2.16. The second-order valence-electron chi connectivity index (χ2n) is 5.32. The van der Waals surface area contributed by atoms with E-state index >= 15 is 0 Å². The molecule has 0 amide bonds. The summed E-state index contributed by atoms with van der Waals surface area (Å²) in [5, 5.41) is 0. The van der Waals surface area contributed by atoms with Crippen LogP contribution >= 0.6 is 0 Å². The quantitative estimate of drug-likeness (QED) is 0.620. The molecule has 2 aromatic carbocycles. The van der Waals surface area contributed by atoms with Crippen molar-refractivity contribution in [2.24, 2.45) is 0 Å². The highest BCUT2D eigenvalue weighted by Crippen LogP contribution is 2.29. The van der Waals surface area contributed by atoms with Crippen LogP contribution in [0, 0.1) is 13.8 Å². The number of benzene rings is 2. The SMILES string of the molecule is Cc1cccc(OC(=O)c2cccc3c2CCCO3)c1C. The van der Waals surface area contributed by atoms with Gasteiger partial charge in [-0.2, -0.15) is 0 Å². The van der Waals surface area contributed by atoms with E-state index in [4.69, 9.17) is 9.47 Å². The van der Waals surface area contributed by atoms with Crippen LogP contribution in [0.15, 0.2) is 36.4 Å². The summed E-state index contributed by atoms with van der Waals surface area (Å²) < 4.78 is 11.2. The van der Waals surface area contributed by atoms with Crippen LogP contribution in [0.2, 0.25) is 0 Å². The molecule has 3 heteroatoms. The Hall–Kier alpha value is -2.29.